The van der Waals surface area contributed by atoms with Gasteiger partial charge in [0.1, 0.15) is 5.65 Å². The molecule has 2 nitrogen and oxygen atoms in total. The van der Waals surface area contributed by atoms with Gasteiger partial charge in [-0.25, -0.2) is 4.98 Å². The summed E-state index contributed by atoms with van der Waals surface area (Å²) in [5.41, 5.74) is 7.53. The van der Waals surface area contributed by atoms with Crippen molar-refractivity contribution >= 4 is 39.0 Å². The van der Waals surface area contributed by atoms with Crippen molar-refractivity contribution in [3.63, 3.8) is 0 Å². The molecule has 0 radical (unpaired) electrons. The van der Waals surface area contributed by atoms with E-state index in [1.54, 1.807) is 0 Å². The third kappa shape index (κ3) is 2.25. The molecule has 134 valence electrons. The molecule has 0 spiro atoms. The molecule has 0 aliphatic heterocycles. The minimum Gasteiger partial charge on any atom is -0.292 e. The topological polar surface area (TPSA) is 17.3 Å². The molecule has 0 N–H and O–H groups in total. The number of hydrogen-bond donors (Lipinski definition) is 0. The van der Waals surface area contributed by atoms with Crippen LogP contribution in [0.25, 0.3) is 50.2 Å². The van der Waals surface area contributed by atoms with Gasteiger partial charge in [-0.05, 0) is 29.5 Å². The fraction of sp³-hybridized carbons (Fsp3) is 0.0385. The van der Waals surface area contributed by atoms with E-state index in [1.807, 2.05) is 19.2 Å². The molecular formula is C26H20N2. The number of rotatable bonds is 3. The lowest BCUT2D eigenvalue weighted by atomic mass is 9.94. The molecule has 0 fully saturated rings. The predicted octanol–water partition coefficient (Wildman–Crippen LogP) is 6.98. The summed E-state index contributed by atoms with van der Waals surface area (Å²) in [6, 6.07) is 23.3. The molecule has 3 aromatic carbocycles. The maximum Gasteiger partial charge on any atom is 0.145 e. The van der Waals surface area contributed by atoms with E-state index in [-0.39, 0.29) is 0 Å². The Morgan fingerprint density at radius 2 is 1.61 bits per heavy atom. The van der Waals surface area contributed by atoms with Crippen molar-refractivity contribution in [1.82, 2.24) is 9.38 Å². The van der Waals surface area contributed by atoms with E-state index in [4.69, 9.17) is 4.98 Å². The monoisotopic (exact) mass is 360 g/mol. The van der Waals surface area contributed by atoms with Crippen LogP contribution in [0, 0.1) is 0 Å². The second-order valence-corrected chi connectivity index (χ2v) is 7.12. The number of pyridine rings is 1. The average Bonchev–Trinajstić information content (AvgIpc) is 3.18. The maximum absolute atomic E-state index is 4.85. The average molecular weight is 360 g/mol. The number of imidazole rings is 1. The molecule has 2 heteroatoms. The first-order valence-electron chi connectivity index (χ1n) is 9.39. The summed E-state index contributed by atoms with van der Waals surface area (Å²) in [6.07, 6.45) is 3.88. The zero-order valence-corrected chi connectivity index (χ0v) is 15.8. The molecule has 0 aliphatic carbocycles. The van der Waals surface area contributed by atoms with E-state index >= 15 is 0 Å². The summed E-state index contributed by atoms with van der Waals surface area (Å²) in [7, 11) is 0. The molecule has 28 heavy (non-hydrogen) atoms. The maximum atomic E-state index is 4.85. The fourth-order valence-electron chi connectivity index (χ4n) is 4.15. The summed E-state index contributed by atoms with van der Waals surface area (Å²) >= 11 is 0. The molecule has 0 bridgehead atoms. The Labute approximate surface area is 164 Å². The Bertz CT molecular complexity index is 1400. The Morgan fingerprint density at radius 3 is 2.36 bits per heavy atom. The predicted molar refractivity (Wildman–Crippen MR) is 120 cm³/mol. The molecule has 2 aromatic heterocycles. The van der Waals surface area contributed by atoms with Crippen LogP contribution >= 0.6 is 0 Å². The third-order valence-electron chi connectivity index (χ3n) is 5.40. The standard InChI is InChI=1S/C26H20N2/c1-4-18-10-9-14-19(17(2)3)25(18)24-16-27-26-22-13-6-5-11-20(22)21-12-7-8-15-23(21)28(24)26/h4-16H,1-2H2,3H3. The lowest BCUT2D eigenvalue weighted by Crippen LogP contribution is -1.97. The Kier molecular flexibility index (Phi) is 3.66. The van der Waals surface area contributed by atoms with Gasteiger partial charge in [0.05, 0.1) is 17.4 Å². The molecule has 5 rings (SSSR count). The first-order valence-corrected chi connectivity index (χ1v) is 9.39. The first kappa shape index (κ1) is 16.5. The van der Waals surface area contributed by atoms with Crippen LogP contribution in [0.4, 0.5) is 0 Å². The number of nitrogens with zero attached hydrogens (tertiary/aromatic N) is 2. The van der Waals surface area contributed by atoms with Crippen LogP contribution in [0.3, 0.4) is 0 Å². The second kappa shape index (κ2) is 6.21. The number of para-hydroxylation sites is 1. The minimum atomic E-state index is 0.968. The van der Waals surface area contributed by atoms with Gasteiger partial charge in [0.15, 0.2) is 0 Å². The van der Waals surface area contributed by atoms with Crippen LogP contribution in [0.1, 0.15) is 18.1 Å². The molecule has 0 unspecified atom stereocenters. The number of fused-ring (bicyclic) bond motifs is 6. The SMILES string of the molecule is C=Cc1cccc(C(=C)C)c1-c1cnc2c3ccccc3c3ccccc3n12. The van der Waals surface area contributed by atoms with Crippen molar-refractivity contribution in [2.45, 2.75) is 6.92 Å². The van der Waals surface area contributed by atoms with Crippen molar-refractivity contribution in [2.75, 3.05) is 0 Å². The smallest absolute Gasteiger partial charge is 0.145 e. The van der Waals surface area contributed by atoms with Crippen molar-refractivity contribution in [3.8, 4) is 11.3 Å². The molecule has 0 aliphatic rings. The number of aromatic nitrogens is 2. The molecule has 0 amide bonds. The second-order valence-electron chi connectivity index (χ2n) is 7.12. The number of hydrogen-bond acceptors (Lipinski definition) is 1. The van der Waals surface area contributed by atoms with Crippen molar-refractivity contribution in [3.05, 3.63) is 97.2 Å². The molecular weight excluding hydrogens is 340 g/mol. The van der Waals surface area contributed by atoms with E-state index < -0.39 is 0 Å². The number of allylic oxidation sites excluding steroid dienone is 1. The lowest BCUT2D eigenvalue weighted by Gasteiger charge is -2.15. The zero-order chi connectivity index (χ0) is 19.3. The number of benzene rings is 3. The van der Waals surface area contributed by atoms with E-state index in [1.165, 1.54) is 10.8 Å². The van der Waals surface area contributed by atoms with E-state index in [0.717, 1.165) is 44.5 Å². The van der Waals surface area contributed by atoms with E-state index in [2.05, 4.69) is 84.3 Å². The van der Waals surface area contributed by atoms with Gasteiger partial charge in [0.2, 0.25) is 0 Å². The van der Waals surface area contributed by atoms with Crippen LogP contribution in [0.5, 0.6) is 0 Å². The minimum absolute atomic E-state index is 0.968. The Hall–Kier alpha value is -3.65. The first-order chi connectivity index (χ1) is 13.7. The van der Waals surface area contributed by atoms with Gasteiger partial charge < -0.3 is 0 Å². The highest BCUT2D eigenvalue weighted by Crippen LogP contribution is 2.37. The lowest BCUT2D eigenvalue weighted by molar-refractivity contribution is 1.27. The summed E-state index contributed by atoms with van der Waals surface area (Å²) in [5.74, 6) is 0. The van der Waals surface area contributed by atoms with E-state index in [0.29, 0.717) is 0 Å². The molecule has 2 heterocycles. The van der Waals surface area contributed by atoms with Gasteiger partial charge in [-0.15, -0.1) is 0 Å². The van der Waals surface area contributed by atoms with Gasteiger partial charge in [-0.2, -0.15) is 0 Å². The third-order valence-corrected chi connectivity index (χ3v) is 5.40. The highest BCUT2D eigenvalue weighted by molar-refractivity contribution is 6.12. The highest BCUT2D eigenvalue weighted by Gasteiger charge is 2.18. The van der Waals surface area contributed by atoms with E-state index in [9.17, 15) is 0 Å². The zero-order valence-electron chi connectivity index (χ0n) is 15.8. The van der Waals surface area contributed by atoms with Crippen LogP contribution < -0.4 is 0 Å². The summed E-state index contributed by atoms with van der Waals surface area (Å²) in [6.45, 7) is 10.3. The van der Waals surface area contributed by atoms with Gasteiger partial charge in [0, 0.05) is 16.3 Å². The largest absolute Gasteiger partial charge is 0.292 e. The molecule has 5 aromatic rings. The molecule has 0 saturated carbocycles. The van der Waals surface area contributed by atoms with Crippen LogP contribution in [-0.4, -0.2) is 9.38 Å². The molecule has 0 atom stereocenters. The van der Waals surface area contributed by atoms with Crippen molar-refractivity contribution in [1.29, 1.82) is 0 Å². The highest BCUT2D eigenvalue weighted by atomic mass is 15.0. The Balaban J connectivity index is 2.03. The summed E-state index contributed by atoms with van der Waals surface area (Å²) < 4.78 is 2.27. The quantitative estimate of drug-likeness (QED) is 0.317. The van der Waals surface area contributed by atoms with Crippen LogP contribution in [0.15, 0.2) is 86.1 Å². The summed E-state index contributed by atoms with van der Waals surface area (Å²) in [5, 5.41) is 3.60. The van der Waals surface area contributed by atoms with Crippen LogP contribution in [-0.2, 0) is 0 Å². The molecule has 0 saturated heterocycles. The Morgan fingerprint density at radius 1 is 0.893 bits per heavy atom. The van der Waals surface area contributed by atoms with Crippen molar-refractivity contribution in [2.24, 2.45) is 0 Å². The van der Waals surface area contributed by atoms with Crippen LogP contribution in [0.2, 0.25) is 0 Å². The van der Waals surface area contributed by atoms with Crippen molar-refractivity contribution < 1.29 is 0 Å². The van der Waals surface area contributed by atoms with Gasteiger partial charge >= 0.3 is 0 Å². The fourth-order valence-corrected chi connectivity index (χ4v) is 4.15. The summed E-state index contributed by atoms with van der Waals surface area (Å²) in [4.78, 5) is 4.85. The van der Waals surface area contributed by atoms with Gasteiger partial charge in [-0.1, -0.05) is 85.5 Å². The normalized spacial score (nSPS) is 11.3. The van der Waals surface area contributed by atoms with Gasteiger partial charge in [0.25, 0.3) is 0 Å². The van der Waals surface area contributed by atoms with Gasteiger partial charge in [-0.3, -0.25) is 4.40 Å².